The van der Waals surface area contributed by atoms with Crippen LogP contribution in [0.1, 0.15) is 48.6 Å². The van der Waals surface area contributed by atoms with Gasteiger partial charge in [0.1, 0.15) is 5.82 Å². The monoisotopic (exact) mass is 361 g/mol. The lowest BCUT2D eigenvalue weighted by molar-refractivity contribution is 0.685. The zero-order chi connectivity index (χ0) is 17.1. The summed E-state index contributed by atoms with van der Waals surface area (Å²) in [6.45, 7) is 3.08. The van der Waals surface area contributed by atoms with E-state index in [-0.39, 0.29) is 5.84 Å². The molecule has 0 atom stereocenters. The van der Waals surface area contributed by atoms with Crippen LogP contribution in [0, 0.1) is 5.41 Å². The number of hydrogen-bond acceptors (Lipinski definition) is 5. The van der Waals surface area contributed by atoms with Gasteiger partial charge in [-0.2, -0.15) is 0 Å². The molecule has 1 aromatic heterocycles. The Morgan fingerprint density at radius 1 is 1.29 bits per heavy atom. The number of unbranched alkanes of at least 4 members (excludes halogenated alkanes) is 3. The predicted molar refractivity (Wildman–Crippen MR) is 103 cm³/mol. The van der Waals surface area contributed by atoms with Crippen LogP contribution in [0.15, 0.2) is 23.2 Å². The van der Waals surface area contributed by atoms with Gasteiger partial charge in [0.15, 0.2) is 11.0 Å². The van der Waals surface area contributed by atoms with E-state index in [1.54, 1.807) is 6.07 Å². The van der Waals surface area contributed by atoms with Crippen LogP contribution in [-0.4, -0.2) is 23.1 Å². The van der Waals surface area contributed by atoms with Gasteiger partial charge in [-0.15, -0.1) is 0 Å². The lowest BCUT2D eigenvalue weighted by Gasteiger charge is -2.03. The number of fused-ring (bicyclic) bond motifs is 1. The van der Waals surface area contributed by atoms with E-state index in [0.717, 1.165) is 34.1 Å². The average molecular weight is 362 g/mol. The number of aromatic nitrogens is 1. The van der Waals surface area contributed by atoms with Crippen molar-refractivity contribution in [2.75, 3.05) is 17.6 Å². The summed E-state index contributed by atoms with van der Waals surface area (Å²) in [5.74, 6) is 0.639. The molecule has 0 radical (unpaired) electrons. The summed E-state index contributed by atoms with van der Waals surface area (Å²) in [5, 5.41) is 12.7. The minimum absolute atomic E-state index is 0.212. The van der Waals surface area contributed by atoms with Crippen molar-refractivity contribution in [3.63, 3.8) is 0 Å². The third-order valence-corrected chi connectivity index (χ3v) is 5.25. The maximum absolute atomic E-state index is 8.04. The molecule has 2 aromatic rings. The number of aliphatic imine (C=N–C) groups is 1. The fourth-order valence-electron chi connectivity index (χ4n) is 2.68. The molecule has 1 aliphatic heterocycles. The Bertz CT molecular complexity index is 796. The van der Waals surface area contributed by atoms with Crippen LogP contribution in [-0.2, 0) is 0 Å². The van der Waals surface area contributed by atoms with Crippen molar-refractivity contribution < 1.29 is 0 Å². The zero-order valence-corrected chi connectivity index (χ0v) is 15.1. The highest BCUT2D eigenvalue weighted by atomic mass is 35.5. The molecule has 5 nitrogen and oxygen atoms in total. The number of halogens is 1. The molecule has 0 unspecified atom stereocenters. The summed E-state index contributed by atoms with van der Waals surface area (Å²) >= 11 is 7.78. The van der Waals surface area contributed by atoms with Crippen molar-refractivity contribution in [2.45, 2.75) is 32.6 Å². The number of hydrogen-bond donors (Lipinski definition) is 3. The fourth-order valence-corrected chi connectivity index (χ4v) is 3.85. The zero-order valence-electron chi connectivity index (χ0n) is 13.5. The Kier molecular flexibility index (Phi) is 5.16. The topological polar surface area (TPSA) is 87.2 Å². The molecule has 24 heavy (non-hydrogen) atoms. The molecule has 2 heterocycles. The van der Waals surface area contributed by atoms with Crippen molar-refractivity contribution in [2.24, 2.45) is 4.99 Å². The van der Waals surface area contributed by atoms with Crippen LogP contribution in [0.4, 0.5) is 10.9 Å². The van der Waals surface area contributed by atoms with E-state index in [9.17, 15) is 0 Å². The number of anilines is 2. The smallest absolute Gasteiger partial charge is 0.185 e. The van der Waals surface area contributed by atoms with Gasteiger partial charge in [0.05, 0.1) is 15.6 Å². The van der Waals surface area contributed by atoms with Gasteiger partial charge in [0.2, 0.25) is 0 Å². The molecular weight excluding hydrogens is 342 g/mol. The van der Waals surface area contributed by atoms with Crippen molar-refractivity contribution in [1.82, 2.24) is 4.98 Å². The van der Waals surface area contributed by atoms with E-state index in [4.69, 9.17) is 22.7 Å². The van der Waals surface area contributed by atoms with E-state index < -0.39 is 0 Å². The number of rotatable bonds is 7. The third kappa shape index (κ3) is 3.30. The Labute approximate surface area is 150 Å². The summed E-state index contributed by atoms with van der Waals surface area (Å²) in [4.78, 5) is 9.52. The van der Waals surface area contributed by atoms with E-state index in [0.29, 0.717) is 16.6 Å². The van der Waals surface area contributed by atoms with Crippen molar-refractivity contribution in [3.8, 4) is 0 Å². The Morgan fingerprint density at radius 3 is 2.92 bits per heavy atom. The molecule has 0 spiro atoms. The first kappa shape index (κ1) is 16.9. The minimum atomic E-state index is 0.212. The van der Waals surface area contributed by atoms with Gasteiger partial charge in [-0.05, 0) is 12.5 Å². The second-order valence-corrected chi connectivity index (χ2v) is 7.10. The molecule has 0 saturated heterocycles. The molecular formula is C17H20ClN5S. The van der Waals surface area contributed by atoms with Crippen molar-refractivity contribution in [1.29, 1.82) is 5.41 Å². The summed E-state index contributed by atoms with van der Waals surface area (Å²) < 4.78 is 0. The van der Waals surface area contributed by atoms with Gasteiger partial charge in [-0.1, -0.05) is 61.3 Å². The molecule has 1 aromatic carbocycles. The Balaban J connectivity index is 1.80. The lowest BCUT2D eigenvalue weighted by atomic mass is 10.0. The van der Waals surface area contributed by atoms with Crippen LogP contribution in [0.5, 0.6) is 0 Å². The first-order valence-corrected chi connectivity index (χ1v) is 9.28. The number of benzene rings is 1. The second-order valence-electron chi connectivity index (χ2n) is 5.69. The molecule has 4 N–H and O–H groups in total. The van der Waals surface area contributed by atoms with Gasteiger partial charge in [0, 0.05) is 17.7 Å². The lowest BCUT2D eigenvalue weighted by Crippen LogP contribution is -2.03. The molecule has 1 aliphatic rings. The number of thiazole rings is 1. The third-order valence-electron chi connectivity index (χ3n) is 3.90. The molecule has 7 heteroatoms. The second kappa shape index (κ2) is 7.32. The highest BCUT2D eigenvalue weighted by Gasteiger charge is 2.27. The summed E-state index contributed by atoms with van der Waals surface area (Å²) in [5.41, 5.74) is 8.25. The summed E-state index contributed by atoms with van der Waals surface area (Å²) in [6, 6.07) is 5.48. The molecule has 0 amide bonds. The largest absolute Gasteiger partial charge is 0.382 e. The first-order valence-electron chi connectivity index (χ1n) is 8.09. The quantitative estimate of drug-likeness (QED) is 0.632. The number of nitrogens with two attached hydrogens (primary N) is 1. The van der Waals surface area contributed by atoms with Crippen molar-refractivity contribution >= 4 is 45.4 Å². The molecule has 0 aliphatic carbocycles. The molecule has 0 fully saturated rings. The molecule has 3 rings (SSSR count). The van der Waals surface area contributed by atoms with E-state index in [1.807, 2.05) is 12.1 Å². The summed E-state index contributed by atoms with van der Waals surface area (Å²) in [6.07, 6.45) is 4.80. The number of amidine groups is 1. The van der Waals surface area contributed by atoms with Crippen LogP contribution in [0.25, 0.3) is 0 Å². The van der Waals surface area contributed by atoms with Crippen LogP contribution < -0.4 is 11.1 Å². The van der Waals surface area contributed by atoms with E-state index >= 15 is 0 Å². The fraction of sp³-hybridized carbons (Fsp3) is 0.353. The maximum atomic E-state index is 8.04. The number of nitrogens with one attached hydrogen (secondary N) is 2. The van der Waals surface area contributed by atoms with Crippen LogP contribution >= 0.6 is 22.9 Å². The first-order chi connectivity index (χ1) is 11.6. The molecule has 0 bridgehead atoms. The predicted octanol–water partition coefficient (Wildman–Crippen LogP) is 4.55. The van der Waals surface area contributed by atoms with E-state index in [2.05, 4.69) is 22.2 Å². The van der Waals surface area contributed by atoms with Gasteiger partial charge in [0.25, 0.3) is 0 Å². The molecule has 0 saturated carbocycles. The minimum Gasteiger partial charge on any atom is -0.382 e. The van der Waals surface area contributed by atoms with Crippen molar-refractivity contribution in [3.05, 3.63) is 39.2 Å². The maximum Gasteiger partial charge on any atom is 0.185 e. The van der Waals surface area contributed by atoms with E-state index in [1.165, 1.54) is 30.6 Å². The van der Waals surface area contributed by atoms with Gasteiger partial charge in [-0.3, -0.25) is 5.41 Å². The molecule has 126 valence electrons. The highest BCUT2D eigenvalue weighted by molar-refractivity contribution is 7.18. The summed E-state index contributed by atoms with van der Waals surface area (Å²) in [7, 11) is 0. The standard InChI is InChI=1S/C17H20ClN5S/c1-2-3-4-5-9-21-17-23-16(20)14(24-17)13-12-10(15(19)22-13)7-6-8-11(12)18/h6-8,19H,2-5,9,20H2,1H3,(H,21,23). The number of nitrogens with zero attached hydrogens (tertiary/aromatic N) is 2. The Morgan fingerprint density at radius 2 is 2.12 bits per heavy atom. The SMILES string of the molecule is CCCCCCNc1nc(N)c(C2=NC(=N)c3cccc(Cl)c32)s1. The van der Waals surface area contributed by atoms with Gasteiger partial charge < -0.3 is 11.1 Å². The van der Waals surface area contributed by atoms with Gasteiger partial charge in [-0.25, -0.2) is 9.98 Å². The van der Waals surface area contributed by atoms with Crippen LogP contribution in [0.3, 0.4) is 0 Å². The number of nitrogen functional groups attached to an aromatic ring is 1. The normalized spacial score (nSPS) is 13.1. The Hall–Kier alpha value is -1.92. The highest BCUT2D eigenvalue weighted by Crippen LogP contribution is 2.35. The van der Waals surface area contributed by atoms with Gasteiger partial charge >= 0.3 is 0 Å². The average Bonchev–Trinajstić information content (AvgIpc) is 3.09. The van der Waals surface area contributed by atoms with Crippen LogP contribution in [0.2, 0.25) is 5.02 Å².